The van der Waals surface area contributed by atoms with E-state index in [1.165, 1.54) is 6.07 Å². The Labute approximate surface area is 69.9 Å². The van der Waals surface area contributed by atoms with Crippen LogP contribution in [0.2, 0.25) is 0 Å². The molecule has 1 saturated carbocycles. The summed E-state index contributed by atoms with van der Waals surface area (Å²) >= 11 is 0. The standard InChI is InChI=1S/C9H10O3/c10-7-3-1-2-6(8(7)11)9(12)4-5-9/h1-3,10-12H,4-5H2. The molecule has 0 amide bonds. The first-order chi connectivity index (χ1) is 5.63. The second-order valence-corrected chi connectivity index (χ2v) is 3.20. The number of phenols is 2. The predicted octanol–water partition coefficient (Wildman–Crippen LogP) is 1.08. The average molecular weight is 166 g/mol. The molecule has 2 rings (SSSR count). The molecule has 1 aliphatic carbocycles. The number of hydrogen-bond donors (Lipinski definition) is 3. The van der Waals surface area contributed by atoms with E-state index < -0.39 is 5.60 Å². The first-order valence-electron chi connectivity index (χ1n) is 3.87. The highest BCUT2D eigenvalue weighted by Gasteiger charge is 2.44. The largest absolute Gasteiger partial charge is 0.504 e. The van der Waals surface area contributed by atoms with Gasteiger partial charge in [-0.15, -0.1) is 0 Å². The summed E-state index contributed by atoms with van der Waals surface area (Å²) in [6.45, 7) is 0. The fourth-order valence-corrected chi connectivity index (χ4v) is 1.29. The molecule has 1 aliphatic rings. The smallest absolute Gasteiger partial charge is 0.163 e. The zero-order valence-corrected chi connectivity index (χ0v) is 6.49. The Kier molecular flexibility index (Phi) is 1.32. The molecule has 1 aromatic carbocycles. The van der Waals surface area contributed by atoms with Gasteiger partial charge >= 0.3 is 0 Å². The second-order valence-electron chi connectivity index (χ2n) is 3.20. The quantitative estimate of drug-likeness (QED) is 0.547. The van der Waals surface area contributed by atoms with Crippen molar-refractivity contribution in [2.45, 2.75) is 18.4 Å². The highest BCUT2D eigenvalue weighted by molar-refractivity contribution is 5.48. The van der Waals surface area contributed by atoms with Crippen LogP contribution in [0.15, 0.2) is 18.2 Å². The zero-order chi connectivity index (χ0) is 8.77. The molecule has 0 unspecified atom stereocenters. The van der Waals surface area contributed by atoms with Crippen LogP contribution in [0.5, 0.6) is 11.5 Å². The van der Waals surface area contributed by atoms with Gasteiger partial charge in [0.25, 0.3) is 0 Å². The van der Waals surface area contributed by atoms with Gasteiger partial charge in [-0.2, -0.15) is 0 Å². The van der Waals surface area contributed by atoms with E-state index in [2.05, 4.69) is 0 Å². The van der Waals surface area contributed by atoms with Crippen LogP contribution in [0.3, 0.4) is 0 Å². The molecule has 0 bridgehead atoms. The Morgan fingerprint density at radius 1 is 1.17 bits per heavy atom. The maximum Gasteiger partial charge on any atom is 0.163 e. The van der Waals surface area contributed by atoms with Crippen molar-refractivity contribution in [3.8, 4) is 11.5 Å². The van der Waals surface area contributed by atoms with Crippen LogP contribution in [0, 0.1) is 0 Å². The summed E-state index contributed by atoms with van der Waals surface area (Å²) in [5.74, 6) is -0.370. The molecule has 0 aliphatic heterocycles. The molecular weight excluding hydrogens is 156 g/mol. The summed E-state index contributed by atoms with van der Waals surface area (Å²) in [6.07, 6.45) is 1.31. The summed E-state index contributed by atoms with van der Waals surface area (Å²) in [7, 11) is 0. The van der Waals surface area contributed by atoms with E-state index in [-0.39, 0.29) is 11.5 Å². The maximum absolute atomic E-state index is 9.63. The molecule has 1 fully saturated rings. The van der Waals surface area contributed by atoms with Crippen molar-refractivity contribution in [1.29, 1.82) is 0 Å². The highest BCUT2D eigenvalue weighted by atomic mass is 16.3. The summed E-state index contributed by atoms with van der Waals surface area (Å²) in [4.78, 5) is 0. The molecule has 3 heteroatoms. The van der Waals surface area contributed by atoms with Crippen molar-refractivity contribution in [2.75, 3.05) is 0 Å². The minimum absolute atomic E-state index is 0.173. The van der Waals surface area contributed by atoms with Gasteiger partial charge in [0.1, 0.15) is 0 Å². The summed E-state index contributed by atoms with van der Waals surface area (Å²) in [6, 6.07) is 4.63. The van der Waals surface area contributed by atoms with Crippen molar-refractivity contribution in [3.63, 3.8) is 0 Å². The van der Waals surface area contributed by atoms with E-state index in [0.29, 0.717) is 18.4 Å². The van der Waals surface area contributed by atoms with E-state index in [9.17, 15) is 10.2 Å². The lowest BCUT2D eigenvalue weighted by Gasteiger charge is -2.10. The third-order valence-corrected chi connectivity index (χ3v) is 2.24. The lowest BCUT2D eigenvalue weighted by atomic mass is 10.1. The Morgan fingerprint density at radius 3 is 2.42 bits per heavy atom. The molecule has 1 aromatic rings. The van der Waals surface area contributed by atoms with Crippen molar-refractivity contribution in [1.82, 2.24) is 0 Å². The molecule has 3 nitrogen and oxygen atoms in total. The van der Waals surface area contributed by atoms with E-state index >= 15 is 0 Å². The van der Waals surface area contributed by atoms with Crippen LogP contribution in [-0.2, 0) is 5.60 Å². The number of rotatable bonds is 1. The maximum atomic E-state index is 9.63. The fraction of sp³-hybridized carbons (Fsp3) is 0.333. The monoisotopic (exact) mass is 166 g/mol. The first kappa shape index (κ1) is 7.43. The van der Waals surface area contributed by atoms with Gasteiger partial charge in [-0.25, -0.2) is 0 Å². The van der Waals surface area contributed by atoms with Gasteiger partial charge in [0.05, 0.1) is 5.60 Å². The number of aliphatic hydroxyl groups is 1. The van der Waals surface area contributed by atoms with Gasteiger partial charge < -0.3 is 15.3 Å². The predicted molar refractivity (Wildman–Crippen MR) is 42.9 cm³/mol. The van der Waals surface area contributed by atoms with E-state index in [0.717, 1.165) is 0 Å². The third kappa shape index (κ3) is 0.940. The molecule has 0 heterocycles. The molecule has 0 aromatic heterocycles. The number of phenolic OH excluding ortho intramolecular Hbond substituents is 2. The van der Waals surface area contributed by atoms with Crippen LogP contribution in [0.25, 0.3) is 0 Å². The number of para-hydroxylation sites is 1. The van der Waals surface area contributed by atoms with Crippen molar-refractivity contribution in [3.05, 3.63) is 23.8 Å². The van der Waals surface area contributed by atoms with Crippen molar-refractivity contribution in [2.24, 2.45) is 0 Å². The number of benzene rings is 1. The van der Waals surface area contributed by atoms with Crippen molar-refractivity contribution >= 4 is 0 Å². The number of hydrogen-bond acceptors (Lipinski definition) is 3. The average Bonchev–Trinajstić information content (AvgIpc) is 2.75. The highest BCUT2D eigenvalue weighted by Crippen LogP contribution is 2.50. The second kappa shape index (κ2) is 2.14. The minimum atomic E-state index is -0.886. The first-order valence-corrected chi connectivity index (χ1v) is 3.87. The Balaban J connectivity index is 2.51. The fourth-order valence-electron chi connectivity index (χ4n) is 1.29. The summed E-state index contributed by atoms with van der Waals surface area (Å²) in [5, 5.41) is 28.1. The van der Waals surface area contributed by atoms with Gasteiger partial charge in [-0.05, 0) is 18.9 Å². The molecule has 0 radical (unpaired) electrons. The molecule has 0 saturated heterocycles. The van der Waals surface area contributed by atoms with E-state index in [1.54, 1.807) is 12.1 Å². The van der Waals surface area contributed by atoms with Gasteiger partial charge in [0, 0.05) is 5.56 Å². The molecule has 64 valence electrons. The Bertz CT molecular complexity index is 316. The topological polar surface area (TPSA) is 60.7 Å². The van der Waals surface area contributed by atoms with Crippen LogP contribution in [-0.4, -0.2) is 15.3 Å². The Morgan fingerprint density at radius 2 is 1.83 bits per heavy atom. The molecule has 0 spiro atoms. The van der Waals surface area contributed by atoms with Crippen LogP contribution < -0.4 is 0 Å². The summed E-state index contributed by atoms with van der Waals surface area (Å²) < 4.78 is 0. The molecule has 0 atom stereocenters. The van der Waals surface area contributed by atoms with Gasteiger partial charge in [-0.1, -0.05) is 12.1 Å². The lowest BCUT2D eigenvalue weighted by Crippen LogP contribution is -2.03. The van der Waals surface area contributed by atoms with E-state index in [4.69, 9.17) is 5.11 Å². The Hall–Kier alpha value is -1.22. The lowest BCUT2D eigenvalue weighted by molar-refractivity contribution is 0.147. The summed E-state index contributed by atoms with van der Waals surface area (Å²) in [5.41, 5.74) is -0.453. The normalized spacial score (nSPS) is 19.1. The number of aromatic hydroxyl groups is 2. The zero-order valence-electron chi connectivity index (χ0n) is 6.49. The van der Waals surface area contributed by atoms with Crippen LogP contribution in [0.1, 0.15) is 18.4 Å². The van der Waals surface area contributed by atoms with Gasteiger partial charge in [-0.3, -0.25) is 0 Å². The van der Waals surface area contributed by atoms with Gasteiger partial charge in [0.15, 0.2) is 11.5 Å². The van der Waals surface area contributed by atoms with Crippen LogP contribution in [0.4, 0.5) is 0 Å². The van der Waals surface area contributed by atoms with E-state index in [1.807, 2.05) is 0 Å². The van der Waals surface area contributed by atoms with Crippen molar-refractivity contribution < 1.29 is 15.3 Å². The third-order valence-electron chi connectivity index (χ3n) is 2.24. The molecule has 12 heavy (non-hydrogen) atoms. The molecule has 3 N–H and O–H groups in total. The minimum Gasteiger partial charge on any atom is -0.504 e. The van der Waals surface area contributed by atoms with Crippen LogP contribution >= 0.6 is 0 Å². The molecular formula is C9H10O3. The van der Waals surface area contributed by atoms with Gasteiger partial charge in [0.2, 0.25) is 0 Å². The SMILES string of the molecule is Oc1cccc(C2(O)CC2)c1O.